The fourth-order valence-electron chi connectivity index (χ4n) is 2.00. The summed E-state index contributed by atoms with van der Waals surface area (Å²) in [5.74, 6) is 1.27. The first-order valence-electron chi connectivity index (χ1n) is 6.33. The standard InChI is InChI=1S/C12H24O4S2/c1-5-17-11(18-6-2)10-9(8(14)7-13)15-12(3,4)16-10/h8-11,13-14H,5-7H2,1-4H3/t8-,9+,10+/m1/s1. The molecule has 0 spiro atoms. The van der Waals surface area contributed by atoms with Crippen LogP contribution in [0.5, 0.6) is 0 Å². The molecule has 2 N–H and O–H groups in total. The third kappa shape index (κ3) is 4.28. The summed E-state index contributed by atoms with van der Waals surface area (Å²) in [4.78, 5) is 0. The lowest BCUT2D eigenvalue weighted by Gasteiger charge is -2.27. The van der Waals surface area contributed by atoms with Crippen molar-refractivity contribution in [3.05, 3.63) is 0 Å². The molecule has 0 unspecified atom stereocenters. The number of hydrogen-bond donors (Lipinski definition) is 2. The molecule has 3 atom stereocenters. The van der Waals surface area contributed by atoms with E-state index in [1.54, 1.807) is 23.5 Å². The summed E-state index contributed by atoms with van der Waals surface area (Å²) in [6, 6.07) is 0. The Morgan fingerprint density at radius 3 is 2.06 bits per heavy atom. The second-order valence-electron chi connectivity index (χ2n) is 4.59. The van der Waals surface area contributed by atoms with Gasteiger partial charge in [0.2, 0.25) is 0 Å². The largest absolute Gasteiger partial charge is 0.394 e. The number of ether oxygens (including phenoxy) is 2. The van der Waals surface area contributed by atoms with Crippen LogP contribution in [0.3, 0.4) is 0 Å². The Kier molecular flexibility index (Phi) is 6.78. The molecule has 1 aliphatic rings. The van der Waals surface area contributed by atoms with Gasteiger partial charge in [0.1, 0.15) is 18.3 Å². The summed E-state index contributed by atoms with van der Waals surface area (Å²) >= 11 is 3.59. The van der Waals surface area contributed by atoms with Gasteiger partial charge in [-0.1, -0.05) is 13.8 Å². The second kappa shape index (κ2) is 7.36. The van der Waals surface area contributed by atoms with Gasteiger partial charge in [-0.15, -0.1) is 23.5 Å². The summed E-state index contributed by atoms with van der Waals surface area (Å²) in [7, 11) is 0. The van der Waals surface area contributed by atoms with E-state index in [2.05, 4.69) is 13.8 Å². The van der Waals surface area contributed by atoms with E-state index in [1.807, 2.05) is 13.8 Å². The van der Waals surface area contributed by atoms with Crippen LogP contribution in [-0.4, -0.2) is 57.0 Å². The molecule has 0 aliphatic carbocycles. The minimum absolute atomic E-state index is 0.197. The molecule has 18 heavy (non-hydrogen) atoms. The molecule has 108 valence electrons. The van der Waals surface area contributed by atoms with Crippen LogP contribution in [-0.2, 0) is 9.47 Å². The lowest BCUT2D eigenvalue weighted by Crippen LogP contribution is -2.42. The number of thioether (sulfide) groups is 2. The first kappa shape index (κ1) is 16.6. The van der Waals surface area contributed by atoms with Crippen molar-refractivity contribution in [1.82, 2.24) is 0 Å². The summed E-state index contributed by atoms with van der Waals surface area (Å²) in [6.07, 6.45) is -1.56. The Balaban J connectivity index is 2.80. The monoisotopic (exact) mass is 296 g/mol. The molecular weight excluding hydrogens is 272 g/mol. The third-order valence-corrected chi connectivity index (χ3v) is 5.34. The predicted molar refractivity (Wildman–Crippen MR) is 77.0 cm³/mol. The lowest BCUT2D eigenvalue weighted by molar-refractivity contribution is -0.156. The van der Waals surface area contributed by atoms with Crippen LogP contribution in [0.4, 0.5) is 0 Å². The molecule has 1 fully saturated rings. The van der Waals surface area contributed by atoms with Gasteiger partial charge in [-0.05, 0) is 25.4 Å². The fourth-order valence-corrected chi connectivity index (χ4v) is 4.65. The van der Waals surface area contributed by atoms with Gasteiger partial charge in [0.05, 0.1) is 11.2 Å². The van der Waals surface area contributed by atoms with Gasteiger partial charge in [0.15, 0.2) is 5.79 Å². The van der Waals surface area contributed by atoms with E-state index in [-0.39, 0.29) is 17.3 Å². The minimum atomic E-state index is -0.894. The molecule has 0 radical (unpaired) electrons. The molecule has 1 rings (SSSR count). The average molecular weight is 296 g/mol. The normalized spacial score (nSPS) is 28.8. The van der Waals surface area contributed by atoms with E-state index >= 15 is 0 Å². The highest BCUT2D eigenvalue weighted by atomic mass is 32.2. The molecule has 0 aromatic rings. The van der Waals surface area contributed by atoms with Crippen molar-refractivity contribution in [2.24, 2.45) is 0 Å². The van der Waals surface area contributed by atoms with Crippen LogP contribution < -0.4 is 0 Å². The average Bonchev–Trinajstić information content (AvgIpc) is 2.64. The molecule has 0 aromatic heterocycles. The molecule has 1 aliphatic heterocycles. The maximum Gasteiger partial charge on any atom is 0.163 e. The highest BCUT2D eigenvalue weighted by Gasteiger charge is 2.48. The minimum Gasteiger partial charge on any atom is -0.394 e. The Morgan fingerprint density at radius 1 is 1.11 bits per heavy atom. The van der Waals surface area contributed by atoms with Crippen LogP contribution in [0.15, 0.2) is 0 Å². The van der Waals surface area contributed by atoms with Crippen molar-refractivity contribution in [2.45, 2.75) is 56.4 Å². The van der Waals surface area contributed by atoms with E-state index in [0.29, 0.717) is 0 Å². The van der Waals surface area contributed by atoms with Crippen LogP contribution in [0, 0.1) is 0 Å². The van der Waals surface area contributed by atoms with Gasteiger partial charge in [0, 0.05) is 0 Å². The highest BCUT2D eigenvalue weighted by Crippen LogP contribution is 2.39. The van der Waals surface area contributed by atoms with E-state index in [0.717, 1.165) is 11.5 Å². The Bertz CT molecular complexity index is 244. The van der Waals surface area contributed by atoms with Crippen molar-refractivity contribution in [3.63, 3.8) is 0 Å². The van der Waals surface area contributed by atoms with Crippen molar-refractivity contribution >= 4 is 23.5 Å². The number of aliphatic hydroxyl groups is 2. The van der Waals surface area contributed by atoms with Gasteiger partial charge >= 0.3 is 0 Å². The molecule has 0 bridgehead atoms. The maximum absolute atomic E-state index is 9.87. The zero-order valence-electron chi connectivity index (χ0n) is 11.5. The molecule has 1 saturated heterocycles. The Hall–Kier alpha value is 0.540. The van der Waals surface area contributed by atoms with Crippen molar-refractivity contribution in [1.29, 1.82) is 0 Å². The van der Waals surface area contributed by atoms with Gasteiger partial charge in [-0.2, -0.15) is 0 Å². The van der Waals surface area contributed by atoms with Gasteiger partial charge in [-0.25, -0.2) is 0 Å². The molecule has 0 aromatic carbocycles. The molecule has 0 amide bonds. The third-order valence-electron chi connectivity index (χ3n) is 2.66. The molecule has 1 heterocycles. The van der Waals surface area contributed by atoms with Crippen molar-refractivity contribution < 1.29 is 19.7 Å². The van der Waals surface area contributed by atoms with E-state index in [9.17, 15) is 5.11 Å². The van der Waals surface area contributed by atoms with E-state index in [1.165, 1.54) is 0 Å². The van der Waals surface area contributed by atoms with E-state index < -0.39 is 18.0 Å². The van der Waals surface area contributed by atoms with Crippen LogP contribution in [0.2, 0.25) is 0 Å². The molecule has 0 saturated carbocycles. The summed E-state index contributed by atoms with van der Waals surface area (Å²) in [5.41, 5.74) is 0. The zero-order chi connectivity index (χ0) is 13.8. The summed E-state index contributed by atoms with van der Waals surface area (Å²) in [5, 5.41) is 19.0. The predicted octanol–water partition coefficient (Wildman–Crippen LogP) is 1.69. The second-order valence-corrected chi connectivity index (χ2v) is 7.73. The summed E-state index contributed by atoms with van der Waals surface area (Å²) in [6.45, 7) is 7.59. The lowest BCUT2D eigenvalue weighted by atomic mass is 10.1. The molecule has 6 heteroatoms. The maximum atomic E-state index is 9.87. The molecular formula is C12H24O4S2. The Labute approximate surface area is 118 Å². The first-order chi connectivity index (χ1) is 8.45. The van der Waals surface area contributed by atoms with Crippen molar-refractivity contribution in [2.75, 3.05) is 18.1 Å². The fraction of sp³-hybridized carbons (Fsp3) is 1.00. The first-order valence-corrected chi connectivity index (χ1v) is 8.42. The smallest absolute Gasteiger partial charge is 0.163 e. The summed E-state index contributed by atoms with van der Waals surface area (Å²) < 4.78 is 11.9. The van der Waals surface area contributed by atoms with Gasteiger partial charge in [0.25, 0.3) is 0 Å². The zero-order valence-corrected chi connectivity index (χ0v) is 13.1. The number of hydrogen-bond acceptors (Lipinski definition) is 6. The highest BCUT2D eigenvalue weighted by molar-refractivity contribution is 8.17. The van der Waals surface area contributed by atoms with Gasteiger partial charge < -0.3 is 19.7 Å². The van der Waals surface area contributed by atoms with Crippen LogP contribution in [0.25, 0.3) is 0 Å². The number of rotatable bonds is 7. The molecule has 4 nitrogen and oxygen atoms in total. The van der Waals surface area contributed by atoms with E-state index in [4.69, 9.17) is 14.6 Å². The van der Waals surface area contributed by atoms with Gasteiger partial charge in [-0.3, -0.25) is 0 Å². The number of aliphatic hydroxyl groups excluding tert-OH is 2. The van der Waals surface area contributed by atoms with Crippen molar-refractivity contribution in [3.8, 4) is 0 Å². The quantitative estimate of drug-likeness (QED) is 0.697. The van der Waals surface area contributed by atoms with Crippen LogP contribution >= 0.6 is 23.5 Å². The SMILES string of the molecule is CCSC(SCC)[C@H]1OC(C)(C)O[C@H]1[C@H](O)CO. The Morgan fingerprint density at radius 2 is 1.61 bits per heavy atom. The van der Waals surface area contributed by atoms with Crippen LogP contribution in [0.1, 0.15) is 27.7 Å². The topological polar surface area (TPSA) is 58.9 Å².